The number of hydrazone groups is 1. The van der Waals surface area contributed by atoms with Crippen molar-refractivity contribution in [1.29, 1.82) is 0 Å². The van der Waals surface area contributed by atoms with Crippen LogP contribution >= 0.6 is 15.9 Å². The Balaban J connectivity index is 2.94. The number of carbonyl (C=O) groups excluding carboxylic acids is 1. The lowest BCUT2D eigenvalue weighted by atomic mass is 10.2. The number of rotatable bonds is 4. The molecule has 0 unspecified atom stereocenters. The van der Waals surface area contributed by atoms with E-state index >= 15 is 0 Å². The molecule has 98 valence electrons. The minimum Gasteiger partial charge on any atom is -0.496 e. The highest BCUT2D eigenvalue weighted by Gasteiger charge is 2.08. The minimum absolute atomic E-state index is 0.575. The molecule has 0 aromatic heterocycles. The summed E-state index contributed by atoms with van der Waals surface area (Å²) in [5, 5.41) is 3.73. The van der Waals surface area contributed by atoms with Gasteiger partial charge >= 0.3 is 6.09 Å². The molecule has 1 rings (SSSR count). The number of hydrogen-bond donors (Lipinski definition) is 1. The van der Waals surface area contributed by atoms with E-state index in [9.17, 15) is 4.79 Å². The maximum atomic E-state index is 10.8. The van der Waals surface area contributed by atoms with Crippen LogP contribution in [0.3, 0.4) is 0 Å². The predicted octanol–water partition coefficient (Wildman–Crippen LogP) is 2.16. The average Bonchev–Trinajstić information content (AvgIpc) is 2.38. The molecule has 0 atom stereocenters. The van der Waals surface area contributed by atoms with Crippen molar-refractivity contribution >= 4 is 28.2 Å². The van der Waals surface area contributed by atoms with Gasteiger partial charge in [0, 0.05) is 11.6 Å². The Kier molecular flexibility index (Phi) is 5.44. The Labute approximate surface area is 113 Å². The van der Waals surface area contributed by atoms with E-state index in [2.05, 4.69) is 31.2 Å². The number of nitrogens with one attached hydrogen (secondary N) is 1. The molecule has 0 aliphatic heterocycles. The molecule has 0 aliphatic rings. The summed E-state index contributed by atoms with van der Waals surface area (Å²) in [6, 6.07) is 3.48. The van der Waals surface area contributed by atoms with Gasteiger partial charge in [-0.1, -0.05) is 0 Å². The molecule has 0 heterocycles. The molecule has 0 spiro atoms. The molecule has 0 saturated carbocycles. The molecule has 1 amide bonds. The number of nitrogens with zero attached hydrogens (tertiary/aromatic N) is 1. The van der Waals surface area contributed by atoms with E-state index < -0.39 is 6.09 Å². The second kappa shape index (κ2) is 6.85. The zero-order valence-electron chi connectivity index (χ0n) is 10.2. The maximum absolute atomic E-state index is 10.8. The molecular formula is C11H13BrN2O4. The van der Waals surface area contributed by atoms with E-state index in [0.717, 1.165) is 4.47 Å². The van der Waals surface area contributed by atoms with Gasteiger partial charge < -0.3 is 14.2 Å². The second-order valence-corrected chi connectivity index (χ2v) is 3.94. The average molecular weight is 317 g/mol. The Morgan fingerprint density at radius 1 is 1.28 bits per heavy atom. The molecule has 18 heavy (non-hydrogen) atoms. The van der Waals surface area contributed by atoms with Crippen molar-refractivity contribution in [3.63, 3.8) is 0 Å². The van der Waals surface area contributed by atoms with E-state index in [-0.39, 0.29) is 0 Å². The van der Waals surface area contributed by atoms with Crippen LogP contribution in [0.1, 0.15) is 5.56 Å². The number of carbonyl (C=O) groups is 1. The van der Waals surface area contributed by atoms with Crippen molar-refractivity contribution in [2.24, 2.45) is 5.10 Å². The van der Waals surface area contributed by atoms with Crippen LogP contribution in [0.15, 0.2) is 21.7 Å². The van der Waals surface area contributed by atoms with Gasteiger partial charge in [-0.15, -0.1) is 0 Å². The first-order chi connectivity index (χ1) is 8.62. The molecular weight excluding hydrogens is 304 g/mol. The van der Waals surface area contributed by atoms with Crippen LogP contribution in [0.4, 0.5) is 4.79 Å². The standard InChI is InChI=1S/C11H13BrN2O4/c1-16-9-5-10(17-2)8(12)4-7(9)6-13-14-11(15)18-3/h4-6H,1-3H3,(H,14,15). The molecule has 0 radical (unpaired) electrons. The zero-order chi connectivity index (χ0) is 13.5. The van der Waals surface area contributed by atoms with Crippen molar-refractivity contribution in [3.05, 3.63) is 22.2 Å². The number of amides is 1. The highest BCUT2D eigenvalue weighted by molar-refractivity contribution is 9.10. The number of benzene rings is 1. The molecule has 0 saturated heterocycles. The number of ether oxygens (including phenoxy) is 3. The third-order valence-corrected chi connectivity index (χ3v) is 2.67. The molecule has 0 bridgehead atoms. The van der Waals surface area contributed by atoms with Gasteiger partial charge in [-0.2, -0.15) is 5.10 Å². The van der Waals surface area contributed by atoms with Crippen molar-refractivity contribution in [1.82, 2.24) is 5.43 Å². The van der Waals surface area contributed by atoms with Gasteiger partial charge in [0.2, 0.25) is 0 Å². The first-order valence-electron chi connectivity index (χ1n) is 4.91. The van der Waals surface area contributed by atoms with Crippen LogP contribution < -0.4 is 14.9 Å². The largest absolute Gasteiger partial charge is 0.496 e. The lowest BCUT2D eigenvalue weighted by Crippen LogP contribution is -2.16. The van der Waals surface area contributed by atoms with E-state index in [1.165, 1.54) is 20.4 Å². The molecule has 1 aromatic rings. The molecule has 1 N–H and O–H groups in total. The topological polar surface area (TPSA) is 69.2 Å². The number of methoxy groups -OCH3 is 3. The fraction of sp³-hybridized carbons (Fsp3) is 0.273. The first-order valence-corrected chi connectivity index (χ1v) is 5.70. The fourth-order valence-electron chi connectivity index (χ4n) is 1.18. The van der Waals surface area contributed by atoms with E-state index in [1.54, 1.807) is 19.2 Å². The van der Waals surface area contributed by atoms with Crippen LogP contribution in [0.5, 0.6) is 11.5 Å². The molecule has 0 fully saturated rings. The summed E-state index contributed by atoms with van der Waals surface area (Å²) in [7, 11) is 4.36. The van der Waals surface area contributed by atoms with Crippen LogP contribution in [0, 0.1) is 0 Å². The molecule has 0 aliphatic carbocycles. The highest BCUT2D eigenvalue weighted by Crippen LogP contribution is 2.31. The van der Waals surface area contributed by atoms with Crippen molar-refractivity contribution in [3.8, 4) is 11.5 Å². The summed E-state index contributed by atoms with van der Waals surface area (Å²) in [4.78, 5) is 10.8. The van der Waals surface area contributed by atoms with Crippen molar-refractivity contribution < 1.29 is 19.0 Å². The second-order valence-electron chi connectivity index (χ2n) is 3.09. The fourth-order valence-corrected chi connectivity index (χ4v) is 1.71. The normalized spacial score (nSPS) is 10.2. The van der Waals surface area contributed by atoms with Crippen LogP contribution in [0.2, 0.25) is 0 Å². The van der Waals surface area contributed by atoms with Gasteiger partial charge in [-0.05, 0) is 22.0 Å². The van der Waals surface area contributed by atoms with Gasteiger partial charge in [0.25, 0.3) is 0 Å². The Bertz CT molecular complexity index is 463. The van der Waals surface area contributed by atoms with E-state index in [4.69, 9.17) is 9.47 Å². The van der Waals surface area contributed by atoms with Crippen LogP contribution in [-0.2, 0) is 4.74 Å². The van der Waals surface area contributed by atoms with E-state index in [1.807, 2.05) is 0 Å². The maximum Gasteiger partial charge on any atom is 0.427 e. The summed E-state index contributed by atoms with van der Waals surface area (Å²) in [5.41, 5.74) is 2.87. The summed E-state index contributed by atoms with van der Waals surface area (Å²) in [6.45, 7) is 0. The summed E-state index contributed by atoms with van der Waals surface area (Å²) in [5.74, 6) is 1.22. The predicted molar refractivity (Wildman–Crippen MR) is 70.4 cm³/mol. The lowest BCUT2D eigenvalue weighted by molar-refractivity contribution is 0.171. The molecule has 7 heteroatoms. The van der Waals surface area contributed by atoms with Gasteiger partial charge in [-0.3, -0.25) is 0 Å². The third-order valence-electron chi connectivity index (χ3n) is 2.05. The van der Waals surface area contributed by atoms with Gasteiger partial charge in [-0.25, -0.2) is 10.2 Å². The minimum atomic E-state index is -0.641. The molecule has 6 nitrogen and oxygen atoms in total. The Hall–Kier alpha value is -1.76. The first kappa shape index (κ1) is 14.3. The number of halogens is 1. The van der Waals surface area contributed by atoms with Crippen molar-refractivity contribution in [2.45, 2.75) is 0 Å². The van der Waals surface area contributed by atoms with Crippen LogP contribution in [-0.4, -0.2) is 33.6 Å². The highest BCUT2D eigenvalue weighted by atomic mass is 79.9. The smallest absolute Gasteiger partial charge is 0.427 e. The summed E-state index contributed by atoms with van der Waals surface area (Å²) < 4.78 is 15.5. The van der Waals surface area contributed by atoms with Gasteiger partial charge in [0.05, 0.1) is 32.0 Å². The number of hydrogen-bond acceptors (Lipinski definition) is 5. The summed E-state index contributed by atoms with van der Waals surface area (Å²) >= 11 is 3.35. The van der Waals surface area contributed by atoms with Gasteiger partial charge in [0.15, 0.2) is 0 Å². The van der Waals surface area contributed by atoms with Crippen LogP contribution in [0.25, 0.3) is 0 Å². The monoisotopic (exact) mass is 316 g/mol. The van der Waals surface area contributed by atoms with E-state index in [0.29, 0.717) is 17.1 Å². The Morgan fingerprint density at radius 3 is 2.50 bits per heavy atom. The summed E-state index contributed by atoms with van der Waals surface area (Å²) in [6.07, 6.45) is 0.803. The quantitative estimate of drug-likeness (QED) is 0.682. The molecule has 1 aromatic carbocycles. The zero-order valence-corrected chi connectivity index (χ0v) is 11.8. The Morgan fingerprint density at radius 2 is 1.94 bits per heavy atom. The SMILES string of the molecule is COC(=O)NN=Cc1cc(Br)c(OC)cc1OC. The van der Waals surface area contributed by atoms with Gasteiger partial charge in [0.1, 0.15) is 11.5 Å². The van der Waals surface area contributed by atoms with Crippen molar-refractivity contribution in [2.75, 3.05) is 21.3 Å². The third kappa shape index (κ3) is 3.63. The lowest BCUT2D eigenvalue weighted by Gasteiger charge is -2.09.